The maximum atomic E-state index is 6.01. The summed E-state index contributed by atoms with van der Waals surface area (Å²) in [5.41, 5.74) is 10.2. The number of nitrogens with two attached hydrogens (primary N) is 1. The van der Waals surface area contributed by atoms with E-state index < -0.39 is 0 Å². The maximum Gasteiger partial charge on any atom is 0.153 e. The van der Waals surface area contributed by atoms with E-state index in [1.165, 1.54) is 10.4 Å². The van der Waals surface area contributed by atoms with Gasteiger partial charge in [-0.15, -0.1) is 11.3 Å². The Hall–Kier alpha value is -2.14. The van der Waals surface area contributed by atoms with Gasteiger partial charge in [-0.05, 0) is 29.5 Å². The Kier molecular flexibility index (Phi) is 3.05. The van der Waals surface area contributed by atoms with E-state index in [9.17, 15) is 0 Å². The molecule has 4 nitrogen and oxygen atoms in total. The molecule has 0 saturated heterocycles. The number of rotatable bonds is 3. The third kappa shape index (κ3) is 2.02. The SMILES string of the molecule is CCc1ccsc1-c1[nH]nc(N)c1-c1cccnc1. The lowest BCUT2D eigenvalue weighted by molar-refractivity contribution is 1.10. The van der Waals surface area contributed by atoms with Crippen LogP contribution >= 0.6 is 11.3 Å². The molecule has 0 aliphatic carbocycles. The summed E-state index contributed by atoms with van der Waals surface area (Å²) in [4.78, 5) is 5.35. The van der Waals surface area contributed by atoms with E-state index >= 15 is 0 Å². The number of nitrogens with zero attached hydrogens (tertiary/aromatic N) is 2. The highest BCUT2D eigenvalue weighted by Crippen LogP contribution is 2.38. The molecular formula is C14H14N4S. The minimum Gasteiger partial charge on any atom is -0.382 e. The van der Waals surface area contributed by atoms with Crippen molar-refractivity contribution in [3.05, 3.63) is 41.5 Å². The first-order valence-electron chi connectivity index (χ1n) is 6.12. The second-order valence-corrected chi connectivity index (χ2v) is 5.15. The predicted octanol–water partition coefficient (Wildman–Crippen LogP) is 3.34. The van der Waals surface area contributed by atoms with Crippen molar-refractivity contribution >= 4 is 17.2 Å². The molecule has 0 aliphatic rings. The lowest BCUT2D eigenvalue weighted by atomic mass is 10.0. The molecule has 0 unspecified atom stereocenters. The van der Waals surface area contributed by atoms with Crippen molar-refractivity contribution < 1.29 is 0 Å². The average Bonchev–Trinajstić information content (AvgIpc) is 3.05. The lowest BCUT2D eigenvalue weighted by Crippen LogP contribution is -1.89. The molecule has 3 aromatic heterocycles. The smallest absolute Gasteiger partial charge is 0.153 e. The number of aryl methyl sites for hydroxylation is 1. The molecule has 5 heteroatoms. The minimum atomic E-state index is 0.512. The quantitative estimate of drug-likeness (QED) is 0.767. The van der Waals surface area contributed by atoms with E-state index in [4.69, 9.17) is 5.73 Å². The predicted molar refractivity (Wildman–Crippen MR) is 78.9 cm³/mol. The van der Waals surface area contributed by atoms with Crippen LogP contribution in [0.15, 0.2) is 36.0 Å². The Morgan fingerprint density at radius 3 is 3.00 bits per heavy atom. The van der Waals surface area contributed by atoms with Crippen LogP contribution in [0.3, 0.4) is 0 Å². The standard InChI is InChI=1S/C14H14N4S/c1-2-9-5-7-19-13(9)12-11(14(15)18-17-12)10-4-3-6-16-8-10/h3-8H,2H2,1H3,(H3,15,17,18). The second kappa shape index (κ2) is 4.85. The van der Waals surface area contributed by atoms with Gasteiger partial charge in [0.25, 0.3) is 0 Å². The number of nitrogen functional groups attached to an aromatic ring is 1. The molecule has 0 amide bonds. The van der Waals surface area contributed by atoms with Crippen LogP contribution in [-0.4, -0.2) is 15.2 Å². The van der Waals surface area contributed by atoms with Gasteiger partial charge in [0.15, 0.2) is 5.82 Å². The maximum absolute atomic E-state index is 6.01. The normalized spacial score (nSPS) is 10.8. The van der Waals surface area contributed by atoms with Gasteiger partial charge in [0.1, 0.15) is 0 Å². The zero-order valence-electron chi connectivity index (χ0n) is 10.6. The molecule has 3 rings (SSSR count). The van der Waals surface area contributed by atoms with Crippen molar-refractivity contribution in [2.75, 3.05) is 5.73 Å². The molecule has 0 aromatic carbocycles. The van der Waals surface area contributed by atoms with Gasteiger partial charge >= 0.3 is 0 Å². The summed E-state index contributed by atoms with van der Waals surface area (Å²) in [6.45, 7) is 2.15. The molecule has 3 heterocycles. The molecule has 0 radical (unpaired) electrons. The fourth-order valence-electron chi connectivity index (χ4n) is 2.16. The van der Waals surface area contributed by atoms with Gasteiger partial charge in [-0.3, -0.25) is 10.1 Å². The molecular weight excluding hydrogens is 256 g/mol. The minimum absolute atomic E-state index is 0.512. The van der Waals surface area contributed by atoms with Gasteiger partial charge in [0, 0.05) is 18.0 Å². The fraction of sp³-hybridized carbons (Fsp3) is 0.143. The second-order valence-electron chi connectivity index (χ2n) is 4.23. The highest BCUT2D eigenvalue weighted by Gasteiger charge is 2.17. The molecule has 0 bridgehead atoms. The first kappa shape index (κ1) is 11.9. The van der Waals surface area contributed by atoms with Crippen molar-refractivity contribution in [1.29, 1.82) is 0 Å². The molecule has 19 heavy (non-hydrogen) atoms. The van der Waals surface area contributed by atoms with Crippen LogP contribution in [0.25, 0.3) is 21.7 Å². The largest absolute Gasteiger partial charge is 0.382 e. The van der Waals surface area contributed by atoms with Crippen molar-refractivity contribution in [3.8, 4) is 21.7 Å². The summed E-state index contributed by atoms with van der Waals surface area (Å²) < 4.78 is 0. The number of thiophene rings is 1. The van der Waals surface area contributed by atoms with E-state index in [1.54, 1.807) is 17.5 Å². The van der Waals surface area contributed by atoms with Crippen molar-refractivity contribution in [3.63, 3.8) is 0 Å². The number of H-pyrrole nitrogens is 1. The first-order valence-corrected chi connectivity index (χ1v) is 7.00. The van der Waals surface area contributed by atoms with Crippen molar-refractivity contribution in [1.82, 2.24) is 15.2 Å². The molecule has 3 N–H and O–H groups in total. The molecule has 0 aliphatic heterocycles. The van der Waals surface area contributed by atoms with Gasteiger partial charge in [-0.1, -0.05) is 13.0 Å². The summed E-state index contributed by atoms with van der Waals surface area (Å²) in [5.74, 6) is 0.512. The number of pyridine rings is 1. The lowest BCUT2D eigenvalue weighted by Gasteiger charge is -2.04. The highest BCUT2D eigenvalue weighted by atomic mass is 32.1. The first-order chi connectivity index (χ1) is 9.31. The summed E-state index contributed by atoms with van der Waals surface area (Å²) in [5, 5.41) is 9.31. The van der Waals surface area contributed by atoms with Gasteiger partial charge in [-0.2, -0.15) is 5.10 Å². The monoisotopic (exact) mass is 270 g/mol. The van der Waals surface area contributed by atoms with Crippen LogP contribution in [0.5, 0.6) is 0 Å². The summed E-state index contributed by atoms with van der Waals surface area (Å²) in [6.07, 6.45) is 4.55. The Labute approximate surface area is 115 Å². The van der Waals surface area contributed by atoms with E-state index in [0.29, 0.717) is 5.82 Å². The highest BCUT2D eigenvalue weighted by molar-refractivity contribution is 7.13. The number of anilines is 1. The van der Waals surface area contributed by atoms with Gasteiger partial charge < -0.3 is 5.73 Å². The summed E-state index contributed by atoms with van der Waals surface area (Å²) >= 11 is 1.70. The summed E-state index contributed by atoms with van der Waals surface area (Å²) in [7, 11) is 0. The van der Waals surface area contributed by atoms with Crippen molar-refractivity contribution in [2.45, 2.75) is 13.3 Å². The summed E-state index contributed by atoms with van der Waals surface area (Å²) in [6, 6.07) is 6.04. The van der Waals surface area contributed by atoms with E-state index in [1.807, 2.05) is 18.3 Å². The van der Waals surface area contributed by atoms with Crippen LogP contribution < -0.4 is 5.73 Å². The molecule has 0 spiro atoms. The van der Waals surface area contributed by atoms with Crippen LogP contribution in [0, 0.1) is 0 Å². The molecule has 96 valence electrons. The topological polar surface area (TPSA) is 67.6 Å². The van der Waals surface area contributed by atoms with E-state index in [0.717, 1.165) is 23.2 Å². The molecule has 0 atom stereocenters. The number of hydrogen-bond acceptors (Lipinski definition) is 4. The van der Waals surface area contributed by atoms with Gasteiger partial charge in [0.2, 0.25) is 0 Å². The number of aromatic nitrogens is 3. The number of hydrogen-bond donors (Lipinski definition) is 2. The van der Waals surface area contributed by atoms with E-state index in [2.05, 4.69) is 33.6 Å². The number of nitrogens with one attached hydrogen (secondary N) is 1. The van der Waals surface area contributed by atoms with E-state index in [-0.39, 0.29) is 0 Å². The fourth-order valence-corrected chi connectivity index (χ4v) is 3.15. The van der Waals surface area contributed by atoms with Crippen LogP contribution in [0.1, 0.15) is 12.5 Å². The Morgan fingerprint density at radius 1 is 1.37 bits per heavy atom. The Balaban J connectivity index is 2.20. The molecule has 3 aromatic rings. The van der Waals surface area contributed by atoms with Crippen LogP contribution in [0.2, 0.25) is 0 Å². The number of aromatic amines is 1. The zero-order chi connectivity index (χ0) is 13.2. The van der Waals surface area contributed by atoms with Gasteiger partial charge in [-0.25, -0.2) is 0 Å². The Morgan fingerprint density at radius 2 is 2.26 bits per heavy atom. The van der Waals surface area contributed by atoms with Crippen LogP contribution in [-0.2, 0) is 6.42 Å². The average molecular weight is 270 g/mol. The van der Waals surface area contributed by atoms with Crippen molar-refractivity contribution in [2.24, 2.45) is 0 Å². The molecule has 0 fully saturated rings. The third-order valence-electron chi connectivity index (χ3n) is 3.10. The van der Waals surface area contributed by atoms with Crippen LogP contribution in [0.4, 0.5) is 5.82 Å². The van der Waals surface area contributed by atoms with Gasteiger partial charge in [0.05, 0.1) is 16.1 Å². The zero-order valence-corrected chi connectivity index (χ0v) is 11.4. The molecule has 0 saturated carbocycles. The Bertz CT molecular complexity index is 685. The third-order valence-corrected chi connectivity index (χ3v) is 4.07.